The van der Waals surface area contributed by atoms with Gasteiger partial charge in [0.2, 0.25) is 0 Å². The second kappa shape index (κ2) is 8.35. The highest BCUT2D eigenvalue weighted by atomic mass is 16.5. The van der Waals surface area contributed by atoms with E-state index >= 15 is 0 Å². The summed E-state index contributed by atoms with van der Waals surface area (Å²) < 4.78 is 5.37. The van der Waals surface area contributed by atoms with Gasteiger partial charge < -0.3 is 10.1 Å². The second-order valence-electron chi connectivity index (χ2n) is 5.32. The molecule has 2 rings (SSSR count). The average Bonchev–Trinajstić information content (AvgIpc) is 2.54. The van der Waals surface area contributed by atoms with Crippen molar-refractivity contribution in [2.24, 2.45) is 0 Å². The fourth-order valence-electron chi connectivity index (χ4n) is 2.41. The van der Waals surface area contributed by atoms with Gasteiger partial charge in [0.15, 0.2) is 0 Å². The number of hydrogen-bond donors (Lipinski definition) is 1. The van der Waals surface area contributed by atoms with Crippen LogP contribution in [0, 0.1) is 0 Å². The van der Waals surface area contributed by atoms with Crippen LogP contribution >= 0.6 is 0 Å². The molecular weight excluding hydrogens is 258 g/mol. The molecule has 0 atom stereocenters. The molecule has 0 aliphatic rings. The standard InChI is InChI=1S/C19H25NO/c1-3-4-5-8-16-11-13-18(14-12-16)20-15-17-9-6-7-10-19(17)21-2/h6-7,9-14,20H,3-5,8,15H2,1-2H3. The number of rotatable bonds is 8. The van der Waals surface area contributed by atoms with E-state index in [0.717, 1.165) is 18.0 Å². The number of ether oxygens (including phenoxy) is 1. The van der Waals surface area contributed by atoms with E-state index in [1.807, 2.05) is 18.2 Å². The minimum atomic E-state index is 0.777. The Bertz CT molecular complexity index is 534. The summed E-state index contributed by atoms with van der Waals surface area (Å²) in [6, 6.07) is 16.9. The molecule has 0 amide bonds. The number of nitrogens with one attached hydrogen (secondary N) is 1. The summed E-state index contributed by atoms with van der Waals surface area (Å²) in [4.78, 5) is 0. The molecule has 0 aliphatic heterocycles. The lowest BCUT2D eigenvalue weighted by atomic mass is 10.1. The van der Waals surface area contributed by atoms with Crippen molar-refractivity contribution in [2.45, 2.75) is 39.2 Å². The first-order valence-electron chi connectivity index (χ1n) is 7.78. The lowest BCUT2D eigenvalue weighted by molar-refractivity contribution is 0.410. The van der Waals surface area contributed by atoms with Crippen LogP contribution < -0.4 is 10.1 Å². The minimum Gasteiger partial charge on any atom is -0.496 e. The molecule has 21 heavy (non-hydrogen) atoms. The van der Waals surface area contributed by atoms with Crippen molar-refractivity contribution in [1.29, 1.82) is 0 Å². The summed E-state index contributed by atoms with van der Waals surface area (Å²) in [6.45, 7) is 3.02. The predicted molar refractivity (Wildman–Crippen MR) is 90.0 cm³/mol. The zero-order chi connectivity index (χ0) is 14.9. The summed E-state index contributed by atoms with van der Waals surface area (Å²) in [5.41, 5.74) is 3.75. The number of unbranched alkanes of at least 4 members (excludes halogenated alkanes) is 2. The number of methoxy groups -OCH3 is 1. The average molecular weight is 283 g/mol. The Kier molecular flexibility index (Phi) is 6.14. The van der Waals surface area contributed by atoms with Crippen molar-refractivity contribution >= 4 is 5.69 Å². The van der Waals surface area contributed by atoms with E-state index in [4.69, 9.17) is 4.74 Å². The van der Waals surface area contributed by atoms with Crippen LogP contribution in [0.25, 0.3) is 0 Å². The van der Waals surface area contributed by atoms with Crippen molar-refractivity contribution in [3.63, 3.8) is 0 Å². The molecule has 2 heteroatoms. The molecule has 2 aromatic carbocycles. The molecule has 0 radical (unpaired) electrons. The molecule has 0 fully saturated rings. The third-order valence-corrected chi connectivity index (χ3v) is 3.70. The molecule has 0 heterocycles. The summed E-state index contributed by atoms with van der Waals surface area (Å²) in [5, 5.41) is 3.45. The molecule has 0 unspecified atom stereocenters. The zero-order valence-electron chi connectivity index (χ0n) is 13.1. The van der Waals surface area contributed by atoms with Gasteiger partial charge in [-0.05, 0) is 36.6 Å². The molecular formula is C19H25NO. The van der Waals surface area contributed by atoms with Crippen LogP contribution in [-0.4, -0.2) is 7.11 Å². The third-order valence-electron chi connectivity index (χ3n) is 3.70. The summed E-state index contributed by atoms with van der Waals surface area (Å²) in [7, 11) is 1.71. The number of anilines is 1. The van der Waals surface area contributed by atoms with Gasteiger partial charge >= 0.3 is 0 Å². The SMILES string of the molecule is CCCCCc1ccc(NCc2ccccc2OC)cc1. The fourth-order valence-corrected chi connectivity index (χ4v) is 2.41. The van der Waals surface area contributed by atoms with E-state index in [0.29, 0.717) is 0 Å². The number of aryl methyl sites for hydroxylation is 1. The van der Waals surface area contributed by atoms with E-state index in [-0.39, 0.29) is 0 Å². The maximum absolute atomic E-state index is 5.37. The van der Waals surface area contributed by atoms with E-state index in [9.17, 15) is 0 Å². The van der Waals surface area contributed by atoms with E-state index < -0.39 is 0 Å². The van der Waals surface area contributed by atoms with Crippen LogP contribution in [-0.2, 0) is 13.0 Å². The molecule has 0 saturated carbocycles. The second-order valence-corrected chi connectivity index (χ2v) is 5.32. The van der Waals surface area contributed by atoms with Crippen molar-refractivity contribution in [2.75, 3.05) is 12.4 Å². The van der Waals surface area contributed by atoms with E-state index in [1.165, 1.54) is 36.8 Å². The minimum absolute atomic E-state index is 0.777. The van der Waals surface area contributed by atoms with Crippen LogP contribution in [0.3, 0.4) is 0 Å². The van der Waals surface area contributed by atoms with Crippen molar-refractivity contribution < 1.29 is 4.74 Å². The monoisotopic (exact) mass is 283 g/mol. The summed E-state index contributed by atoms with van der Waals surface area (Å²) in [5.74, 6) is 0.932. The molecule has 0 aromatic heterocycles. The Morgan fingerprint density at radius 1 is 0.952 bits per heavy atom. The van der Waals surface area contributed by atoms with Gasteiger partial charge in [0.05, 0.1) is 7.11 Å². The molecule has 0 spiro atoms. The summed E-state index contributed by atoms with van der Waals surface area (Å²) in [6.07, 6.45) is 5.05. The normalized spacial score (nSPS) is 10.4. The van der Waals surface area contributed by atoms with Gasteiger partial charge in [-0.3, -0.25) is 0 Å². The highest BCUT2D eigenvalue weighted by Gasteiger charge is 2.01. The Morgan fingerprint density at radius 2 is 1.71 bits per heavy atom. The van der Waals surface area contributed by atoms with E-state index in [2.05, 4.69) is 42.6 Å². The fraction of sp³-hybridized carbons (Fsp3) is 0.368. The largest absolute Gasteiger partial charge is 0.496 e. The van der Waals surface area contributed by atoms with Gasteiger partial charge in [0.25, 0.3) is 0 Å². The van der Waals surface area contributed by atoms with Crippen LogP contribution in [0.4, 0.5) is 5.69 Å². The molecule has 2 aromatic rings. The van der Waals surface area contributed by atoms with Gasteiger partial charge in [0.1, 0.15) is 5.75 Å². The molecule has 0 bridgehead atoms. The predicted octanol–water partition coefficient (Wildman–Crippen LogP) is 5.04. The maximum Gasteiger partial charge on any atom is 0.123 e. The Morgan fingerprint density at radius 3 is 2.43 bits per heavy atom. The number of hydrogen-bond acceptors (Lipinski definition) is 2. The first kappa shape index (κ1) is 15.4. The van der Waals surface area contributed by atoms with Gasteiger partial charge in [0, 0.05) is 17.8 Å². The molecule has 2 nitrogen and oxygen atoms in total. The molecule has 0 saturated heterocycles. The smallest absolute Gasteiger partial charge is 0.123 e. The number of benzene rings is 2. The van der Waals surface area contributed by atoms with Gasteiger partial charge in [-0.15, -0.1) is 0 Å². The van der Waals surface area contributed by atoms with Gasteiger partial charge in [-0.1, -0.05) is 50.1 Å². The first-order valence-corrected chi connectivity index (χ1v) is 7.78. The van der Waals surface area contributed by atoms with Crippen molar-refractivity contribution in [3.05, 3.63) is 59.7 Å². The van der Waals surface area contributed by atoms with E-state index in [1.54, 1.807) is 7.11 Å². The maximum atomic E-state index is 5.37. The van der Waals surface area contributed by atoms with Gasteiger partial charge in [-0.25, -0.2) is 0 Å². The molecule has 112 valence electrons. The third kappa shape index (κ3) is 4.82. The molecule has 0 aliphatic carbocycles. The highest BCUT2D eigenvalue weighted by molar-refractivity contribution is 5.46. The van der Waals surface area contributed by atoms with Crippen LogP contribution in [0.2, 0.25) is 0 Å². The Balaban J connectivity index is 1.88. The van der Waals surface area contributed by atoms with Crippen LogP contribution in [0.5, 0.6) is 5.75 Å². The topological polar surface area (TPSA) is 21.3 Å². The van der Waals surface area contributed by atoms with Crippen molar-refractivity contribution in [3.8, 4) is 5.75 Å². The first-order chi connectivity index (χ1) is 10.3. The lowest BCUT2D eigenvalue weighted by Gasteiger charge is -2.11. The zero-order valence-corrected chi connectivity index (χ0v) is 13.1. The van der Waals surface area contributed by atoms with Gasteiger partial charge in [-0.2, -0.15) is 0 Å². The highest BCUT2D eigenvalue weighted by Crippen LogP contribution is 2.19. The Hall–Kier alpha value is -1.96. The number of para-hydroxylation sites is 1. The van der Waals surface area contributed by atoms with Crippen LogP contribution in [0.15, 0.2) is 48.5 Å². The Labute approximate surface area is 128 Å². The lowest BCUT2D eigenvalue weighted by Crippen LogP contribution is -2.01. The molecule has 1 N–H and O–H groups in total. The van der Waals surface area contributed by atoms with Crippen molar-refractivity contribution in [1.82, 2.24) is 0 Å². The quantitative estimate of drug-likeness (QED) is 0.685. The van der Waals surface area contributed by atoms with Crippen LogP contribution in [0.1, 0.15) is 37.3 Å². The summed E-state index contributed by atoms with van der Waals surface area (Å²) >= 11 is 0.